The summed E-state index contributed by atoms with van der Waals surface area (Å²) in [6.45, 7) is 2.13. The molecule has 3 nitrogen and oxygen atoms in total. The average molecular weight is 247 g/mol. The molecule has 0 bridgehead atoms. The standard InChI is InChI=1S/C13H13NO2S/c1-2-3-11-8-17-12(14-11)9-4-6-10(7-5-9)13(15)16/h4-8H,2-3H2,1H3,(H,15,16). The maximum Gasteiger partial charge on any atom is 0.335 e. The molecule has 0 spiro atoms. The van der Waals surface area contributed by atoms with Gasteiger partial charge in [-0.05, 0) is 18.6 Å². The van der Waals surface area contributed by atoms with E-state index in [1.165, 1.54) is 0 Å². The Labute approximate surface area is 104 Å². The third-order valence-electron chi connectivity index (χ3n) is 2.44. The van der Waals surface area contributed by atoms with Crippen molar-refractivity contribution in [1.29, 1.82) is 0 Å². The number of benzene rings is 1. The number of rotatable bonds is 4. The number of hydrogen-bond donors (Lipinski definition) is 1. The second-order valence-electron chi connectivity index (χ2n) is 3.78. The normalized spacial score (nSPS) is 10.4. The average Bonchev–Trinajstić information content (AvgIpc) is 2.78. The number of carbonyl (C=O) groups is 1. The van der Waals surface area contributed by atoms with E-state index in [0.717, 1.165) is 29.1 Å². The van der Waals surface area contributed by atoms with E-state index in [4.69, 9.17) is 5.11 Å². The van der Waals surface area contributed by atoms with Crippen molar-refractivity contribution in [3.05, 3.63) is 40.9 Å². The molecule has 4 heteroatoms. The molecule has 1 aromatic carbocycles. The molecule has 0 fully saturated rings. The van der Waals surface area contributed by atoms with E-state index in [9.17, 15) is 4.79 Å². The fraction of sp³-hybridized carbons (Fsp3) is 0.231. The topological polar surface area (TPSA) is 50.2 Å². The number of aryl methyl sites for hydroxylation is 1. The molecule has 0 radical (unpaired) electrons. The number of carboxylic acid groups (broad SMARTS) is 1. The third kappa shape index (κ3) is 2.71. The van der Waals surface area contributed by atoms with E-state index in [1.54, 1.807) is 35.6 Å². The van der Waals surface area contributed by atoms with Crippen molar-refractivity contribution in [2.75, 3.05) is 0 Å². The molecule has 0 aliphatic carbocycles. The van der Waals surface area contributed by atoms with Crippen LogP contribution < -0.4 is 0 Å². The zero-order valence-corrected chi connectivity index (χ0v) is 10.3. The zero-order chi connectivity index (χ0) is 12.3. The molecule has 0 saturated carbocycles. The summed E-state index contributed by atoms with van der Waals surface area (Å²) in [6.07, 6.45) is 2.07. The lowest BCUT2D eigenvalue weighted by Crippen LogP contribution is -1.94. The van der Waals surface area contributed by atoms with Crippen molar-refractivity contribution in [2.24, 2.45) is 0 Å². The van der Waals surface area contributed by atoms with Crippen LogP contribution in [0.4, 0.5) is 0 Å². The number of carboxylic acids is 1. The second-order valence-corrected chi connectivity index (χ2v) is 4.63. The van der Waals surface area contributed by atoms with Crippen molar-refractivity contribution < 1.29 is 9.90 Å². The lowest BCUT2D eigenvalue weighted by atomic mass is 10.1. The van der Waals surface area contributed by atoms with E-state index in [-0.39, 0.29) is 0 Å². The highest BCUT2D eigenvalue weighted by Gasteiger charge is 2.06. The Bertz CT molecular complexity index is 516. The summed E-state index contributed by atoms with van der Waals surface area (Å²) in [5, 5.41) is 11.8. The van der Waals surface area contributed by atoms with E-state index in [1.807, 2.05) is 0 Å². The van der Waals surface area contributed by atoms with Gasteiger partial charge in [-0.15, -0.1) is 11.3 Å². The Kier molecular flexibility index (Phi) is 3.54. The summed E-state index contributed by atoms with van der Waals surface area (Å²) < 4.78 is 0. The SMILES string of the molecule is CCCc1csc(-c2ccc(C(=O)O)cc2)n1. The molecule has 0 aliphatic heterocycles. The number of nitrogens with zero attached hydrogens (tertiary/aromatic N) is 1. The minimum absolute atomic E-state index is 0.305. The van der Waals surface area contributed by atoms with Gasteiger partial charge in [-0.2, -0.15) is 0 Å². The summed E-state index contributed by atoms with van der Waals surface area (Å²) in [5.74, 6) is -0.901. The number of hydrogen-bond acceptors (Lipinski definition) is 3. The Morgan fingerprint density at radius 1 is 1.35 bits per heavy atom. The van der Waals surface area contributed by atoms with Crippen LogP contribution in [0, 0.1) is 0 Å². The molecule has 2 rings (SSSR count). The van der Waals surface area contributed by atoms with Gasteiger partial charge in [-0.3, -0.25) is 0 Å². The summed E-state index contributed by atoms with van der Waals surface area (Å²) in [7, 11) is 0. The molecule has 1 aromatic heterocycles. The highest BCUT2D eigenvalue weighted by Crippen LogP contribution is 2.24. The van der Waals surface area contributed by atoms with Gasteiger partial charge in [0.15, 0.2) is 0 Å². The van der Waals surface area contributed by atoms with Gasteiger partial charge < -0.3 is 5.11 Å². The van der Waals surface area contributed by atoms with Crippen LogP contribution in [0.25, 0.3) is 10.6 Å². The maximum absolute atomic E-state index is 10.7. The lowest BCUT2D eigenvalue weighted by Gasteiger charge is -1.97. The van der Waals surface area contributed by atoms with Crippen molar-refractivity contribution in [3.63, 3.8) is 0 Å². The van der Waals surface area contributed by atoms with Gasteiger partial charge in [-0.25, -0.2) is 9.78 Å². The van der Waals surface area contributed by atoms with E-state index in [0.29, 0.717) is 5.56 Å². The van der Waals surface area contributed by atoms with Crippen LogP contribution in [0.3, 0.4) is 0 Å². The highest BCUT2D eigenvalue weighted by molar-refractivity contribution is 7.13. The van der Waals surface area contributed by atoms with Gasteiger partial charge >= 0.3 is 5.97 Å². The fourth-order valence-corrected chi connectivity index (χ4v) is 2.43. The smallest absolute Gasteiger partial charge is 0.335 e. The van der Waals surface area contributed by atoms with E-state index < -0.39 is 5.97 Å². The Morgan fingerprint density at radius 2 is 2.06 bits per heavy atom. The van der Waals surface area contributed by atoms with Gasteiger partial charge in [0, 0.05) is 10.9 Å². The Balaban J connectivity index is 2.23. The van der Waals surface area contributed by atoms with Gasteiger partial charge in [0.25, 0.3) is 0 Å². The van der Waals surface area contributed by atoms with Crippen LogP contribution in [-0.2, 0) is 6.42 Å². The number of aromatic carboxylic acids is 1. The monoisotopic (exact) mass is 247 g/mol. The fourth-order valence-electron chi connectivity index (χ4n) is 1.57. The molecule has 0 atom stereocenters. The van der Waals surface area contributed by atoms with Gasteiger partial charge in [0.1, 0.15) is 5.01 Å². The molecule has 17 heavy (non-hydrogen) atoms. The largest absolute Gasteiger partial charge is 0.478 e. The first-order valence-corrected chi connectivity index (χ1v) is 6.37. The lowest BCUT2D eigenvalue weighted by molar-refractivity contribution is 0.0697. The molecular formula is C13H13NO2S. The van der Waals surface area contributed by atoms with Gasteiger partial charge in [-0.1, -0.05) is 25.5 Å². The first kappa shape index (κ1) is 11.8. The Hall–Kier alpha value is -1.68. The highest BCUT2D eigenvalue weighted by atomic mass is 32.1. The molecule has 0 saturated heterocycles. The zero-order valence-electron chi connectivity index (χ0n) is 9.51. The maximum atomic E-state index is 10.7. The molecule has 88 valence electrons. The summed E-state index contributed by atoms with van der Waals surface area (Å²) in [4.78, 5) is 15.2. The summed E-state index contributed by atoms with van der Waals surface area (Å²) in [5.41, 5.74) is 2.39. The first-order valence-electron chi connectivity index (χ1n) is 5.49. The molecule has 2 aromatic rings. The first-order chi connectivity index (χ1) is 8.20. The Morgan fingerprint density at radius 3 is 2.65 bits per heavy atom. The van der Waals surface area contributed by atoms with Gasteiger partial charge in [0.05, 0.1) is 11.3 Å². The predicted molar refractivity (Wildman–Crippen MR) is 68.5 cm³/mol. The second kappa shape index (κ2) is 5.10. The van der Waals surface area contributed by atoms with Crippen molar-refractivity contribution in [2.45, 2.75) is 19.8 Å². The summed E-state index contributed by atoms with van der Waals surface area (Å²) >= 11 is 1.60. The van der Waals surface area contributed by atoms with Crippen molar-refractivity contribution >= 4 is 17.3 Å². The van der Waals surface area contributed by atoms with Crippen LogP contribution in [0.2, 0.25) is 0 Å². The number of thiazole rings is 1. The quantitative estimate of drug-likeness (QED) is 0.900. The summed E-state index contributed by atoms with van der Waals surface area (Å²) in [6, 6.07) is 6.83. The molecule has 0 unspecified atom stereocenters. The van der Waals surface area contributed by atoms with Crippen LogP contribution in [0.5, 0.6) is 0 Å². The predicted octanol–water partition coefficient (Wildman–Crippen LogP) is 3.46. The molecular weight excluding hydrogens is 234 g/mol. The van der Waals surface area contributed by atoms with E-state index >= 15 is 0 Å². The minimum atomic E-state index is -0.901. The third-order valence-corrected chi connectivity index (χ3v) is 3.38. The van der Waals surface area contributed by atoms with Gasteiger partial charge in [0.2, 0.25) is 0 Å². The van der Waals surface area contributed by atoms with Crippen LogP contribution in [0.15, 0.2) is 29.6 Å². The number of aromatic nitrogens is 1. The minimum Gasteiger partial charge on any atom is -0.478 e. The molecule has 0 aliphatic rings. The molecule has 0 amide bonds. The molecule has 1 heterocycles. The van der Waals surface area contributed by atoms with Crippen LogP contribution >= 0.6 is 11.3 Å². The van der Waals surface area contributed by atoms with Crippen molar-refractivity contribution in [1.82, 2.24) is 4.98 Å². The molecule has 1 N–H and O–H groups in total. The van der Waals surface area contributed by atoms with Crippen LogP contribution in [-0.4, -0.2) is 16.1 Å². The van der Waals surface area contributed by atoms with Crippen LogP contribution in [0.1, 0.15) is 29.4 Å². The van der Waals surface area contributed by atoms with E-state index in [2.05, 4.69) is 17.3 Å². The van der Waals surface area contributed by atoms with Crippen molar-refractivity contribution in [3.8, 4) is 10.6 Å².